The van der Waals surface area contributed by atoms with Gasteiger partial charge in [0.2, 0.25) is 5.91 Å². The van der Waals surface area contributed by atoms with Gasteiger partial charge in [-0.2, -0.15) is 0 Å². The summed E-state index contributed by atoms with van der Waals surface area (Å²) in [6, 6.07) is -0.713. The lowest BCUT2D eigenvalue weighted by atomic mass is 10.0. The van der Waals surface area contributed by atoms with Crippen LogP contribution in [0, 0.1) is 0 Å². The molecule has 0 heterocycles. The number of aliphatic hydroxyl groups is 2. The van der Waals surface area contributed by atoms with Gasteiger partial charge < -0.3 is 20.3 Å². The first kappa shape index (κ1) is 59.8. The number of hydrogen-bond acceptors (Lipinski definition) is 5. The van der Waals surface area contributed by atoms with Crippen molar-refractivity contribution in [1.29, 1.82) is 0 Å². The first-order chi connectivity index (χ1) is 30.5. The molecule has 6 heteroatoms. The van der Waals surface area contributed by atoms with E-state index in [9.17, 15) is 19.8 Å². The number of unbranched alkanes of at least 4 members (excludes halogenated alkanes) is 31. The van der Waals surface area contributed by atoms with Gasteiger partial charge in [-0.25, -0.2) is 0 Å². The summed E-state index contributed by atoms with van der Waals surface area (Å²) in [5.74, 6) is -0.506. The average Bonchev–Trinajstić information content (AvgIpc) is 3.26. The number of nitrogens with one attached hydrogen (secondary N) is 1. The molecule has 0 rings (SSSR count). The first-order valence-corrected chi connectivity index (χ1v) is 26.9. The van der Waals surface area contributed by atoms with Crippen molar-refractivity contribution in [2.75, 3.05) is 6.61 Å². The molecule has 0 fully saturated rings. The summed E-state index contributed by atoms with van der Waals surface area (Å²) in [6.45, 7) is 6.44. The second-order valence-corrected chi connectivity index (χ2v) is 18.4. The molecule has 3 unspecified atom stereocenters. The van der Waals surface area contributed by atoms with Gasteiger partial charge in [0.25, 0.3) is 0 Å². The van der Waals surface area contributed by atoms with Crippen molar-refractivity contribution in [3.8, 4) is 0 Å². The van der Waals surface area contributed by atoms with Gasteiger partial charge in [0, 0.05) is 6.42 Å². The van der Waals surface area contributed by atoms with Gasteiger partial charge in [0.15, 0.2) is 0 Å². The molecule has 0 aliphatic heterocycles. The molecule has 0 saturated carbocycles. The summed E-state index contributed by atoms with van der Waals surface area (Å²) in [4.78, 5) is 26.1. The van der Waals surface area contributed by atoms with E-state index < -0.39 is 18.2 Å². The minimum absolute atomic E-state index is 0.0538. The highest BCUT2D eigenvalue weighted by Crippen LogP contribution is 2.18. The van der Waals surface area contributed by atoms with Crippen molar-refractivity contribution in [3.05, 3.63) is 48.6 Å². The second-order valence-electron chi connectivity index (χ2n) is 18.4. The average molecular weight is 870 g/mol. The van der Waals surface area contributed by atoms with Gasteiger partial charge in [0.1, 0.15) is 6.10 Å². The van der Waals surface area contributed by atoms with Crippen LogP contribution in [-0.4, -0.2) is 46.9 Å². The molecule has 3 atom stereocenters. The molecule has 0 spiro atoms. The summed E-state index contributed by atoms with van der Waals surface area (Å²) < 4.78 is 5.91. The van der Waals surface area contributed by atoms with E-state index >= 15 is 0 Å². The van der Waals surface area contributed by atoms with Gasteiger partial charge in [-0.15, -0.1) is 0 Å². The standard InChI is InChI=1S/C56H103NO5/c1-4-7-10-13-16-19-22-24-26-28-30-32-34-36-39-42-45-48-54(59)53(51-58)57-55(60)50-52(62-56(61)49-46-43-40-37-21-18-15-12-9-6-3)47-44-41-38-35-33-31-29-27-25-23-20-17-14-11-8-5-2/h17,20,23,25,27,29,31,33,52-54,58-59H,4-16,18-19,21-22,24,26,28,30,32,34-51H2,1-3H3,(H,57,60)/b20-17+,25-23+,29-27+,33-31+. The molecule has 62 heavy (non-hydrogen) atoms. The highest BCUT2D eigenvalue weighted by Gasteiger charge is 2.24. The van der Waals surface area contributed by atoms with E-state index in [1.807, 2.05) is 0 Å². The van der Waals surface area contributed by atoms with Gasteiger partial charge >= 0.3 is 5.97 Å². The normalized spacial score (nSPS) is 13.6. The fourth-order valence-corrected chi connectivity index (χ4v) is 8.15. The maximum absolute atomic E-state index is 13.2. The number of aliphatic hydroxyl groups excluding tert-OH is 2. The Labute approximate surface area is 385 Å². The molecular formula is C56H103NO5. The van der Waals surface area contributed by atoms with Crippen LogP contribution in [-0.2, 0) is 14.3 Å². The molecule has 0 aliphatic rings. The predicted octanol–water partition coefficient (Wildman–Crippen LogP) is 16.2. The van der Waals surface area contributed by atoms with Crippen molar-refractivity contribution in [3.63, 3.8) is 0 Å². The molecule has 0 aromatic rings. The number of hydrogen-bond donors (Lipinski definition) is 3. The summed E-state index contributed by atoms with van der Waals surface area (Å²) in [7, 11) is 0. The highest BCUT2D eigenvalue weighted by atomic mass is 16.5. The number of ether oxygens (including phenoxy) is 1. The Morgan fingerprint density at radius 2 is 0.823 bits per heavy atom. The van der Waals surface area contributed by atoms with Crippen LogP contribution in [0.2, 0.25) is 0 Å². The summed E-state index contributed by atoms with van der Waals surface area (Å²) in [5, 5.41) is 23.8. The third-order valence-electron chi connectivity index (χ3n) is 12.3. The lowest BCUT2D eigenvalue weighted by Crippen LogP contribution is -2.46. The largest absolute Gasteiger partial charge is 0.462 e. The van der Waals surface area contributed by atoms with E-state index in [1.54, 1.807) is 0 Å². The molecule has 0 saturated heterocycles. The van der Waals surface area contributed by atoms with Crippen LogP contribution in [0.1, 0.15) is 271 Å². The first-order valence-electron chi connectivity index (χ1n) is 26.9. The topological polar surface area (TPSA) is 95.9 Å². The Morgan fingerprint density at radius 1 is 0.468 bits per heavy atom. The Kier molecular flexibility index (Phi) is 48.1. The molecule has 0 aromatic carbocycles. The summed E-state index contributed by atoms with van der Waals surface area (Å²) >= 11 is 0. The van der Waals surface area contributed by atoms with Crippen LogP contribution in [0.15, 0.2) is 48.6 Å². The fourth-order valence-electron chi connectivity index (χ4n) is 8.15. The Hall–Kier alpha value is -2.18. The maximum Gasteiger partial charge on any atom is 0.306 e. The van der Waals surface area contributed by atoms with E-state index in [0.717, 1.165) is 70.6 Å². The lowest BCUT2D eigenvalue weighted by molar-refractivity contribution is -0.151. The van der Waals surface area contributed by atoms with Crippen LogP contribution >= 0.6 is 0 Å². The van der Waals surface area contributed by atoms with Crippen LogP contribution in [0.25, 0.3) is 0 Å². The minimum atomic E-state index is -0.797. The zero-order valence-electron chi connectivity index (χ0n) is 41.3. The predicted molar refractivity (Wildman–Crippen MR) is 269 cm³/mol. The van der Waals surface area contributed by atoms with Gasteiger partial charge in [-0.05, 0) is 51.4 Å². The molecule has 0 radical (unpaired) electrons. The molecular weight excluding hydrogens is 767 g/mol. The number of allylic oxidation sites excluding steroid dienone is 8. The quantitative estimate of drug-likeness (QED) is 0.0322. The molecule has 6 nitrogen and oxygen atoms in total. The lowest BCUT2D eigenvalue weighted by Gasteiger charge is -2.24. The minimum Gasteiger partial charge on any atom is -0.462 e. The van der Waals surface area contributed by atoms with E-state index in [1.165, 1.54) is 154 Å². The summed E-state index contributed by atoms with van der Waals surface area (Å²) in [5.41, 5.74) is 0. The second kappa shape index (κ2) is 49.8. The van der Waals surface area contributed by atoms with Crippen LogP contribution < -0.4 is 5.32 Å². The van der Waals surface area contributed by atoms with Crippen molar-refractivity contribution < 1.29 is 24.5 Å². The van der Waals surface area contributed by atoms with Crippen LogP contribution in [0.5, 0.6) is 0 Å². The van der Waals surface area contributed by atoms with Crippen molar-refractivity contribution in [2.24, 2.45) is 0 Å². The number of rotatable bonds is 48. The number of carbonyl (C=O) groups excluding carboxylic acids is 2. The van der Waals surface area contributed by atoms with E-state index in [2.05, 4.69) is 74.7 Å². The monoisotopic (exact) mass is 870 g/mol. The molecule has 3 N–H and O–H groups in total. The SMILES string of the molecule is CCCCC/C=C/C=C/C=C/C=C/CCCCCC(CC(=O)NC(CO)C(O)CCCCCCCCCCCCCCCCCCC)OC(=O)CCCCCCCCCCCC. The van der Waals surface area contributed by atoms with Crippen molar-refractivity contribution in [2.45, 2.75) is 289 Å². The Morgan fingerprint density at radius 3 is 1.27 bits per heavy atom. The van der Waals surface area contributed by atoms with Crippen LogP contribution in [0.4, 0.5) is 0 Å². The third kappa shape index (κ3) is 44.4. The highest BCUT2D eigenvalue weighted by molar-refractivity contribution is 5.77. The number of esters is 1. The molecule has 0 aliphatic carbocycles. The fraction of sp³-hybridized carbons (Fsp3) is 0.821. The number of carbonyl (C=O) groups is 2. The Balaban J connectivity index is 4.57. The van der Waals surface area contributed by atoms with E-state index in [4.69, 9.17) is 4.74 Å². The summed E-state index contributed by atoms with van der Waals surface area (Å²) in [6.07, 6.45) is 60.3. The Bertz CT molecular complexity index is 1070. The molecule has 1 amide bonds. The van der Waals surface area contributed by atoms with Crippen LogP contribution in [0.3, 0.4) is 0 Å². The third-order valence-corrected chi connectivity index (χ3v) is 12.3. The smallest absolute Gasteiger partial charge is 0.306 e. The van der Waals surface area contributed by atoms with Gasteiger partial charge in [0.05, 0.1) is 25.2 Å². The van der Waals surface area contributed by atoms with Gasteiger partial charge in [-0.3, -0.25) is 9.59 Å². The van der Waals surface area contributed by atoms with Crippen molar-refractivity contribution in [1.82, 2.24) is 5.32 Å². The maximum atomic E-state index is 13.2. The zero-order valence-corrected chi connectivity index (χ0v) is 41.3. The number of amides is 1. The molecule has 362 valence electrons. The molecule has 0 aromatic heterocycles. The van der Waals surface area contributed by atoms with E-state index in [-0.39, 0.29) is 24.9 Å². The van der Waals surface area contributed by atoms with Crippen molar-refractivity contribution >= 4 is 11.9 Å². The zero-order chi connectivity index (χ0) is 45.2. The van der Waals surface area contributed by atoms with E-state index in [0.29, 0.717) is 19.3 Å². The molecule has 0 bridgehead atoms. The van der Waals surface area contributed by atoms with Gasteiger partial charge in [-0.1, -0.05) is 256 Å².